The Morgan fingerprint density at radius 1 is 0.842 bits per heavy atom. The van der Waals surface area contributed by atoms with E-state index in [1.54, 1.807) is 0 Å². The second-order valence-corrected chi connectivity index (χ2v) is 5.27. The van der Waals surface area contributed by atoms with Gasteiger partial charge in [-0.1, -0.05) is 38.2 Å². The van der Waals surface area contributed by atoms with Gasteiger partial charge < -0.3 is 0 Å². The number of hydrogen-bond donors (Lipinski definition) is 0. The van der Waals surface area contributed by atoms with Gasteiger partial charge in [0.05, 0.1) is 0 Å². The SMILES string of the molecule is CC(C)(C1=CCC(=C=O)C=C1)C1=CCC(=C=O)C=C1. The number of rotatable bonds is 2. The van der Waals surface area contributed by atoms with E-state index in [1.165, 1.54) is 11.1 Å². The van der Waals surface area contributed by atoms with Crippen molar-refractivity contribution in [2.45, 2.75) is 26.7 Å². The van der Waals surface area contributed by atoms with Crippen LogP contribution in [0, 0.1) is 5.41 Å². The van der Waals surface area contributed by atoms with E-state index >= 15 is 0 Å². The highest BCUT2D eigenvalue weighted by molar-refractivity contribution is 5.62. The molecule has 0 amide bonds. The van der Waals surface area contributed by atoms with E-state index in [0.29, 0.717) is 24.0 Å². The lowest BCUT2D eigenvalue weighted by atomic mass is 9.73. The van der Waals surface area contributed by atoms with Crippen molar-refractivity contribution >= 4 is 11.9 Å². The van der Waals surface area contributed by atoms with Crippen LogP contribution >= 0.6 is 0 Å². The van der Waals surface area contributed by atoms with E-state index < -0.39 is 0 Å². The lowest BCUT2D eigenvalue weighted by Crippen LogP contribution is -2.18. The van der Waals surface area contributed by atoms with Gasteiger partial charge in [0.1, 0.15) is 11.9 Å². The molecule has 2 nitrogen and oxygen atoms in total. The maximum Gasteiger partial charge on any atom is 0.128 e. The monoisotopic (exact) mass is 252 g/mol. The van der Waals surface area contributed by atoms with Crippen molar-refractivity contribution in [1.29, 1.82) is 0 Å². The molecule has 0 unspecified atom stereocenters. The molecular formula is C17H16O2. The minimum absolute atomic E-state index is 0.129. The first kappa shape index (κ1) is 13.3. The second kappa shape index (κ2) is 5.24. The Morgan fingerprint density at radius 3 is 1.53 bits per heavy atom. The predicted octanol–water partition coefficient (Wildman–Crippen LogP) is 3.30. The zero-order chi connectivity index (χ0) is 13.9. The standard InChI is InChI=1S/C17H16O2/c1-17(2,15-7-3-13(11-18)4-8-15)16-9-5-14(12-19)6-10-16/h3,5,7-10H,4,6H2,1-2H3. The highest BCUT2D eigenvalue weighted by Crippen LogP contribution is 2.40. The van der Waals surface area contributed by atoms with Crippen molar-refractivity contribution in [3.05, 3.63) is 58.7 Å². The van der Waals surface area contributed by atoms with Crippen LogP contribution in [0.2, 0.25) is 0 Å². The van der Waals surface area contributed by atoms with Gasteiger partial charge >= 0.3 is 0 Å². The van der Waals surface area contributed by atoms with Gasteiger partial charge in [-0.05, 0) is 23.3 Å². The van der Waals surface area contributed by atoms with Crippen LogP contribution in [0.1, 0.15) is 26.7 Å². The highest BCUT2D eigenvalue weighted by atomic mass is 16.1. The molecular weight excluding hydrogens is 236 g/mol. The van der Waals surface area contributed by atoms with Crippen LogP contribution in [-0.4, -0.2) is 11.9 Å². The Labute approximate surface area is 113 Å². The zero-order valence-electron chi connectivity index (χ0n) is 11.2. The molecule has 0 N–H and O–H groups in total. The van der Waals surface area contributed by atoms with Gasteiger partial charge in [-0.3, -0.25) is 0 Å². The van der Waals surface area contributed by atoms with Crippen LogP contribution in [0.15, 0.2) is 58.7 Å². The first-order valence-electron chi connectivity index (χ1n) is 6.33. The Kier molecular flexibility index (Phi) is 3.66. The minimum Gasteiger partial charge on any atom is -0.233 e. The average molecular weight is 252 g/mol. The Morgan fingerprint density at radius 2 is 1.26 bits per heavy atom. The first-order chi connectivity index (χ1) is 9.07. The van der Waals surface area contributed by atoms with Crippen LogP contribution in [0.4, 0.5) is 0 Å². The third kappa shape index (κ3) is 2.66. The second-order valence-electron chi connectivity index (χ2n) is 5.27. The number of hydrogen-bond acceptors (Lipinski definition) is 2. The van der Waals surface area contributed by atoms with Gasteiger partial charge in [0.15, 0.2) is 0 Å². The maximum atomic E-state index is 10.6. The van der Waals surface area contributed by atoms with Crippen LogP contribution in [0.25, 0.3) is 0 Å². The van der Waals surface area contributed by atoms with Crippen LogP contribution in [-0.2, 0) is 9.59 Å². The third-order valence-corrected chi connectivity index (χ3v) is 3.72. The van der Waals surface area contributed by atoms with Crippen molar-refractivity contribution < 1.29 is 9.59 Å². The van der Waals surface area contributed by atoms with Crippen molar-refractivity contribution in [1.82, 2.24) is 0 Å². The fourth-order valence-electron chi connectivity index (χ4n) is 2.34. The quantitative estimate of drug-likeness (QED) is 0.707. The summed E-state index contributed by atoms with van der Waals surface area (Å²) in [6.45, 7) is 4.29. The maximum absolute atomic E-state index is 10.6. The molecule has 0 fully saturated rings. The largest absolute Gasteiger partial charge is 0.233 e. The van der Waals surface area contributed by atoms with E-state index in [-0.39, 0.29) is 5.41 Å². The molecule has 0 spiro atoms. The third-order valence-electron chi connectivity index (χ3n) is 3.72. The van der Waals surface area contributed by atoms with E-state index in [4.69, 9.17) is 0 Å². The fourth-order valence-corrected chi connectivity index (χ4v) is 2.34. The summed E-state index contributed by atoms with van der Waals surface area (Å²) in [5.41, 5.74) is 3.59. The summed E-state index contributed by atoms with van der Waals surface area (Å²) in [6, 6.07) is 0. The topological polar surface area (TPSA) is 34.1 Å². The summed E-state index contributed by atoms with van der Waals surface area (Å²) in [5, 5.41) is 0. The summed E-state index contributed by atoms with van der Waals surface area (Å²) >= 11 is 0. The van der Waals surface area contributed by atoms with Gasteiger partial charge in [-0.2, -0.15) is 0 Å². The molecule has 0 aliphatic heterocycles. The summed E-state index contributed by atoms with van der Waals surface area (Å²) in [7, 11) is 0. The molecule has 19 heavy (non-hydrogen) atoms. The summed E-state index contributed by atoms with van der Waals surface area (Å²) in [5.74, 6) is 3.86. The molecule has 0 bridgehead atoms. The van der Waals surface area contributed by atoms with Gasteiger partial charge in [0.2, 0.25) is 0 Å². The Balaban J connectivity index is 2.26. The summed E-state index contributed by atoms with van der Waals surface area (Å²) in [6.07, 6.45) is 13.0. The molecule has 0 atom stereocenters. The molecule has 0 heterocycles. The smallest absolute Gasteiger partial charge is 0.128 e. The Bertz CT molecular complexity index is 558. The first-order valence-corrected chi connectivity index (χ1v) is 6.33. The molecule has 0 saturated heterocycles. The predicted molar refractivity (Wildman–Crippen MR) is 75.9 cm³/mol. The van der Waals surface area contributed by atoms with E-state index in [2.05, 4.69) is 26.0 Å². The molecule has 0 radical (unpaired) electrons. The van der Waals surface area contributed by atoms with Crippen molar-refractivity contribution in [3.63, 3.8) is 0 Å². The molecule has 0 aromatic carbocycles. The van der Waals surface area contributed by atoms with E-state index in [1.807, 2.05) is 36.2 Å². The molecule has 2 aliphatic rings. The van der Waals surface area contributed by atoms with Gasteiger partial charge in [0, 0.05) is 29.4 Å². The van der Waals surface area contributed by atoms with Crippen LogP contribution in [0.3, 0.4) is 0 Å². The molecule has 0 saturated carbocycles. The zero-order valence-corrected chi connectivity index (χ0v) is 11.2. The highest BCUT2D eigenvalue weighted by Gasteiger charge is 2.27. The van der Waals surface area contributed by atoms with Gasteiger partial charge in [0.25, 0.3) is 0 Å². The van der Waals surface area contributed by atoms with Crippen LogP contribution < -0.4 is 0 Å². The number of carbonyl (C=O) groups excluding carboxylic acids is 2. The van der Waals surface area contributed by atoms with E-state index in [9.17, 15) is 9.59 Å². The number of allylic oxidation sites excluding steroid dienone is 10. The van der Waals surface area contributed by atoms with Crippen molar-refractivity contribution in [3.8, 4) is 0 Å². The van der Waals surface area contributed by atoms with Crippen molar-refractivity contribution in [2.24, 2.45) is 5.41 Å². The molecule has 0 aromatic heterocycles. The Hall–Kier alpha value is -2.14. The lowest BCUT2D eigenvalue weighted by Gasteiger charge is -2.30. The van der Waals surface area contributed by atoms with Gasteiger partial charge in [-0.15, -0.1) is 0 Å². The lowest BCUT2D eigenvalue weighted by molar-refractivity contribution is 0.556. The minimum atomic E-state index is -0.129. The molecule has 2 rings (SSSR count). The molecule has 2 aliphatic carbocycles. The van der Waals surface area contributed by atoms with Crippen molar-refractivity contribution in [2.75, 3.05) is 0 Å². The van der Waals surface area contributed by atoms with Gasteiger partial charge in [-0.25, -0.2) is 9.59 Å². The summed E-state index contributed by atoms with van der Waals surface area (Å²) < 4.78 is 0. The average Bonchev–Trinajstić information content (AvgIpc) is 2.47. The van der Waals surface area contributed by atoms with E-state index in [0.717, 1.165) is 0 Å². The molecule has 96 valence electrons. The molecule has 2 heteroatoms. The summed E-state index contributed by atoms with van der Waals surface area (Å²) in [4.78, 5) is 21.2. The fraction of sp³-hybridized carbons (Fsp3) is 0.294. The normalized spacial score (nSPS) is 18.6. The molecule has 0 aromatic rings. The van der Waals surface area contributed by atoms with Crippen LogP contribution in [0.5, 0.6) is 0 Å².